The zero-order valence-corrected chi connectivity index (χ0v) is 13.2. The summed E-state index contributed by atoms with van der Waals surface area (Å²) in [6.45, 7) is 2.72. The fraction of sp³-hybridized carbons (Fsp3) is 0.786. The van der Waals surface area contributed by atoms with E-state index in [1.807, 2.05) is 24.3 Å². The fourth-order valence-corrected chi connectivity index (χ4v) is 3.80. The van der Waals surface area contributed by atoms with Crippen LogP contribution in [0.15, 0.2) is 5.38 Å². The van der Waals surface area contributed by atoms with E-state index in [1.165, 1.54) is 0 Å². The number of alkyl halides is 3. The second kappa shape index (κ2) is 6.22. The Kier molecular flexibility index (Phi) is 4.95. The average Bonchev–Trinajstić information content (AvgIpc) is 2.83. The number of likely N-dealkylation sites (N-methyl/N-ethyl adjacent to an activating group) is 1. The fourth-order valence-electron chi connectivity index (χ4n) is 3.20. The first-order valence-corrected chi connectivity index (χ1v) is 8.04. The van der Waals surface area contributed by atoms with Crippen LogP contribution >= 0.6 is 11.3 Å². The van der Waals surface area contributed by atoms with Crippen molar-refractivity contribution in [3.05, 3.63) is 16.1 Å². The van der Waals surface area contributed by atoms with Crippen LogP contribution in [-0.4, -0.2) is 35.2 Å². The van der Waals surface area contributed by atoms with Gasteiger partial charge in [0.15, 0.2) is 0 Å². The molecule has 2 N–H and O–H groups in total. The van der Waals surface area contributed by atoms with E-state index in [0.717, 1.165) is 17.1 Å². The van der Waals surface area contributed by atoms with Crippen molar-refractivity contribution in [3.63, 3.8) is 0 Å². The van der Waals surface area contributed by atoms with Crippen molar-refractivity contribution >= 4 is 11.3 Å². The molecule has 0 radical (unpaired) electrons. The van der Waals surface area contributed by atoms with Crippen LogP contribution in [-0.2, 0) is 6.54 Å². The largest absolute Gasteiger partial charge is 0.391 e. The zero-order chi connectivity index (χ0) is 15.7. The molecule has 1 heterocycles. The van der Waals surface area contributed by atoms with Crippen molar-refractivity contribution in [2.24, 2.45) is 11.7 Å². The molecule has 21 heavy (non-hydrogen) atoms. The highest BCUT2D eigenvalue weighted by Crippen LogP contribution is 2.43. The van der Waals surface area contributed by atoms with Crippen LogP contribution in [0.1, 0.15) is 36.4 Å². The van der Waals surface area contributed by atoms with Crippen molar-refractivity contribution < 1.29 is 13.2 Å². The standard InChI is InChI=1S/C14H22F3N3S/c1-10-19-12(8-21-10)7-20(2)13(9-18)5-3-4-11(6-13)14(15,16)17/h8,11H,3-7,9,18H2,1-2H3. The van der Waals surface area contributed by atoms with Crippen molar-refractivity contribution in [2.45, 2.75) is 50.9 Å². The lowest BCUT2D eigenvalue weighted by Crippen LogP contribution is -2.55. The molecule has 0 amide bonds. The lowest BCUT2D eigenvalue weighted by molar-refractivity contribution is -0.193. The van der Waals surface area contributed by atoms with E-state index in [1.54, 1.807) is 11.3 Å². The summed E-state index contributed by atoms with van der Waals surface area (Å²) in [6.07, 6.45) is -2.53. The maximum absolute atomic E-state index is 13.0. The van der Waals surface area contributed by atoms with Crippen LogP contribution in [0.25, 0.3) is 0 Å². The Labute approximate surface area is 127 Å². The Morgan fingerprint density at radius 3 is 2.76 bits per heavy atom. The van der Waals surface area contributed by atoms with Crippen LogP contribution < -0.4 is 5.73 Å². The SMILES string of the molecule is Cc1nc(CN(C)C2(CN)CCCC(C(F)(F)F)C2)cs1. The molecule has 7 heteroatoms. The normalized spacial score (nSPS) is 27.3. The third kappa shape index (κ3) is 3.76. The lowest BCUT2D eigenvalue weighted by atomic mass is 9.74. The summed E-state index contributed by atoms with van der Waals surface area (Å²) in [5.41, 5.74) is 6.21. The van der Waals surface area contributed by atoms with Crippen molar-refractivity contribution in [2.75, 3.05) is 13.6 Å². The maximum atomic E-state index is 13.0. The van der Waals surface area contributed by atoms with Crippen LogP contribution in [0.4, 0.5) is 13.2 Å². The summed E-state index contributed by atoms with van der Waals surface area (Å²) in [4.78, 5) is 6.36. The monoisotopic (exact) mass is 321 g/mol. The molecule has 2 atom stereocenters. The number of nitrogens with zero attached hydrogens (tertiary/aromatic N) is 2. The topological polar surface area (TPSA) is 42.2 Å². The first-order chi connectivity index (χ1) is 9.77. The Balaban J connectivity index is 2.12. The molecule has 0 saturated heterocycles. The minimum Gasteiger partial charge on any atom is -0.329 e. The molecule has 3 nitrogen and oxygen atoms in total. The first-order valence-electron chi connectivity index (χ1n) is 7.16. The van der Waals surface area contributed by atoms with Crippen molar-refractivity contribution in [1.29, 1.82) is 0 Å². The summed E-state index contributed by atoms with van der Waals surface area (Å²) < 4.78 is 39.1. The van der Waals surface area contributed by atoms with Gasteiger partial charge in [-0.3, -0.25) is 4.90 Å². The highest BCUT2D eigenvalue weighted by Gasteiger charge is 2.48. The molecule has 0 spiro atoms. The minimum atomic E-state index is -4.13. The van der Waals surface area contributed by atoms with Gasteiger partial charge in [0, 0.05) is 24.0 Å². The quantitative estimate of drug-likeness (QED) is 0.925. The van der Waals surface area contributed by atoms with E-state index in [4.69, 9.17) is 5.73 Å². The molecule has 1 saturated carbocycles. The Hall–Kier alpha value is -0.660. The predicted octanol–water partition coefficient (Wildman–Crippen LogP) is 3.33. The number of nitrogens with two attached hydrogens (primary N) is 1. The van der Waals surface area contributed by atoms with E-state index in [9.17, 15) is 13.2 Å². The van der Waals surface area contributed by atoms with E-state index < -0.39 is 17.6 Å². The first kappa shape index (κ1) is 16.7. The molecule has 1 aromatic heterocycles. The van der Waals surface area contributed by atoms with Crippen LogP contribution in [0.5, 0.6) is 0 Å². The third-order valence-corrected chi connectivity index (χ3v) is 5.36. The van der Waals surface area contributed by atoms with Gasteiger partial charge in [-0.1, -0.05) is 6.42 Å². The van der Waals surface area contributed by atoms with Gasteiger partial charge >= 0.3 is 6.18 Å². The van der Waals surface area contributed by atoms with E-state index in [-0.39, 0.29) is 19.4 Å². The molecular weight excluding hydrogens is 299 g/mol. The second-order valence-corrected chi connectivity index (χ2v) is 7.04. The number of hydrogen-bond donors (Lipinski definition) is 1. The van der Waals surface area contributed by atoms with Gasteiger partial charge in [0.25, 0.3) is 0 Å². The molecule has 120 valence electrons. The molecule has 0 aliphatic heterocycles. The molecular formula is C14H22F3N3S. The second-order valence-electron chi connectivity index (χ2n) is 5.98. The molecule has 1 aliphatic rings. The molecule has 0 bridgehead atoms. The van der Waals surface area contributed by atoms with Gasteiger partial charge < -0.3 is 5.73 Å². The molecule has 2 unspecified atom stereocenters. The number of rotatable bonds is 4. The summed E-state index contributed by atoms with van der Waals surface area (Å²) >= 11 is 1.56. The molecule has 1 fully saturated rings. The Morgan fingerprint density at radius 2 is 2.24 bits per heavy atom. The lowest BCUT2D eigenvalue weighted by Gasteiger charge is -2.46. The van der Waals surface area contributed by atoms with Gasteiger partial charge in [-0.2, -0.15) is 13.2 Å². The average molecular weight is 321 g/mol. The summed E-state index contributed by atoms with van der Waals surface area (Å²) in [5, 5.41) is 2.93. The molecule has 0 aromatic carbocycles. The van der Waals surface area contributed by atoms with Gasteiger partial charge in [-0.25, -0.2) is 4.98 Å². The predicted molar refractivity (Wildman–Crippen MR) is 78.1 cm³/mol. The summed E-state index contributed by atoms with van der Waals surface area (Å²) in [7, 11) is 1.86. The van der Waals surface area contributed by atoms with E-state index in [0.29, 0.717) is 13.0 Å². The maximum Gasteiger partial charge on any atom is 0.391 e. The van der Waals surface area contributed by atoms with Gasteiger partial charge in [-0.15, -0.1) is 11.3 Å². The Morgan fingerprint density at radius 1 is 1.52 bits per heavy atom. The van der Waals surface area contributed by atoms with Crippen molar-refractivity contribution in [3.8, 4) is 0 Å². The summed E-state index contributed by atoms with van der Waals surface area (Å²) in [6, 6.07) is 0. The molecule has 1 aromatic rings. The minimum absolute atomic E-state index is 0.0899. The third-order valence-electron chi connectivity index (χ3n) is 4.54. The van der Waals surface area contributed by atoms with Gasteiger partial charge in [-0.05, 0) is 33.2 Å². The van der Waals surface area contributed by atoms with Gasteiger partial charge in [0.2, 0.25) is 0 Å². The number of aromatic nitrogens is 1. The van der Waals surface area contributed by atoms with E-state index >= 15 is 0 Å². The van der Waals surface area contributed by atoms with Gasteiger partial charge in [0.05, 0.1) is 16.6 Å². The van der Waals surface area contributed by atoms with E-state index in [2.05, 4.69) is 4.98 Å². The highest BCUT2D eigenvalue weighted by molar-refractivity contribution is 7.09. The van der Waals surface area contributed by atoms with Crippen LogP contribution in [0, 0.1) is 12.8 Å². The number of halogens is 3. The number of aryl methyl sites for hydroxylation is 1. The summed E-state index contributed by atoms with van der Waals surface area (Å²) in [5.74, 6) is -1.24. The molecule has 2 rings (SSSR count). The number of hydrogen-bond acceptors (Lipinski definition) is 4. The highest BCUT2D eigenvalue weighted by atomic mass is 32.1. The molecule has 1 aliphatic carbocycles. The smallest absolute Gasteiger partial charge is 0.329 e. The number of thiazole rings is 1. The zero-order valence-electron chi connectivity index (χ0n) is 12.4. The van der Waals surface area contributed by atoms with Crippen molar-refractivity contribution in [1.82, 2.24) is 9.88 Å². The van der Waals surface area contributed by atoms with Gasteiger partial charge in [0.1, 0.15) is 0 Å². The Bertz CT molecular complexity index is 474. The van der Waals surface area contributed by atoms with Crippen LogP contribution in [0.2, 0.25) is 0 Å². The van der Waals surface area contributed by atoms with Crippen LogP contribution in [0.3, 0.4) is 0 Å².